The van der Waals surface area contributed by atoms with Gasteiger partial charge in [0.05, 0.1) is 6.61 Å². The number of hydrogen-bond donors (Lipinski definition) is 0. The van der Waals surface area contributed by atoms with E-state index in [1.54, 1.807) is 0 Å². The van der Waals surface area contributed by atoms with E-state index in [0.717, 1.165) is 43.7 Å². The topological polar surface area (TPSA) is 35.5 Å². The van der Waals surface area contributed by atoms with Gasteiger partial charge < -0.3 is 9.47 Å². The molecule has 0 aliphatic heterocycles. The number of halogens is 5. The minimum Gasteiger partial charge on any atom is -0.493 e. The summed E-state index contributed by atoms with van der Waals surface area (Å²) < 4.78 is 78.7. The lowest BCUT2D eigenvalue weighted by molar-refractivity contribution is 0.0723. The fourth-order valence-electron chi connectivity index (χ4n) is 4.34. The second kappa shape index (κ2) is 12.2. The van der Waals surface area contributed by atoms with E-state index >= 15 is 0 Å². The number of ether oxygens (including phenoxy) is 2. The first-order valence-corrected chi connectivity index (χ1v) is 11.8. The van der Waals surface area contributed by atoms with Gasteiger partial charge in [-0.05, 0) is 24.7 Å². The van der Waals surface area contributed by atoms with Crippen molar-refractivity contribution in [2.45, 2.75) is 64.7 Å². The Hall–Kier alpha value is -2.64. The zero-order chi connectivity index (χ0) is 24.7. The number of rotatable bonds is 10. The summed E-state index contributed by atoms with van der Waals surface area (Å²) in [6.45, 7) is 2.51. The predicted octanol–water partition coefficient (Wildman–Crippen LogP) is 7.76. The molecule has 0 heterocycles. The van der Waals surface area contributed by atoms with Crippen molar-refractivity contribution in [3.63, 3.8) is 0 Å². The number of benzene rings is 2. The maximum absolute atomic E-state index is 14.4. The van der Waals surface area contributed by atoms with Crippen LogP contribution in [0.25, 0.3) is 0 Å². The fraction of sp³-hybridized carbons (Fsp3) is 0.500. The van der Waals surface area contributed by atoms with Crippen LogP contribution in [0.4, 0.5) is 22.0 Å². The summed E-state index contributed by atoms with van der Waals surface area (Å²) >= 11 is 0. The van der Waals surface area contributed by atoms with Crippen molar-refractivity contribution in [3.05, 3.63) is 58.9 Å². The van der Waals surface area contributed by atoms with Gasteiger partial charge in [0.1, 0.15) is 28.7 Å². The van der Waals surface area contributed by atoms with Crippen molar-refractivity contribution in [1.82, 2.24) is 0 Å². The second-order valence-corrected chi connectivity index (χ2v) is 8.90. The van der Waals surface area contributed by atoms with Crippen molar-refractivity contribution in [2.75, 3.05) is 6.61 Å². The Morgan fingerprint density at radius 3 is 1.94 bits per heavy atom. The largest absolute Gasteiger partial charge is 0.493 e. The van der Waals surface area contributed by atoms with Crippen LogP contribution in [0.5, 0.6) is 11.5 Å². The molecule has 0 unspecified atom stereocenters. The van der Waals surface area contributed by atoms with Gasteiger partial charge in [0.15, 0.2) is 17.5 Å². The molecule has 2 aromatic carbocycles. The average molecular weight is 485 g/mol. The van der Waals surface area contributed by atoms with Gasteiger partial charge in [-0.1, -0.05) is 51.9 Å². The summed E-state index contributed by atoms with van der Waals surface area (Å²) in [6, 6.07) is 2.54. The Bertz CT molecular complexity index is 940. The Balaban J connectivity index is 1.53. The molecule has 3 nitrogen and oxygen atoms in total. The number of hydrogen-bond acceptors (Lipinski definition) is 3. The minimum atomic E-state index is -1.75. The second-order valence-electron chi connectivity index (χ2n) is 8.90. The van der Waals surface area contributed by atoms with E-state index < -0.39 is 46.4 Å². The maximum Gasteiger partial charge on any atom is 0.349 e. The molecule has 0 N–H and O–H groups in total. The van der Waals surface area contributed by atoms with Crippen LogP contribution >= 0.6 is 0 Å². The third-order valence-corrected chi connectivity index (χ3v) is 6.31. The van der Waals surface area contributed by atoms with E-state index in [1.165, 1.54) is 32.1 Å². The zero-order valence-electron chi connectivity index (χ0n) is 19.1. The molecule has 3 rings (SSSR count). The highest BCUT2D eigenvalue weighted by Crippen LogP contribution is 2.33. The highest BCUT2D eigenvalue weighted by molar-refractivity contribution is 5.91. The van der Waals surface area contributed by atoms with Crippen LogP contribution < -0.4 is 9.47 Å². The van der Waals surface area contributed by atoms with Gasteiger partial charge in [-0.25, -0.2) is 26.7 Å². The van der Waals surface area contributed by atoms with Crippen molar-refractivity contribution in [1.29, 1.82) is 0 Å². The van der Waals surface area contributed by atoms with Crippen LogP contribution in [0, 0.1) is 40.9 Å². The van der Waals surface area contributed by atoms with Gasteiger partial charge in [-0.3, -0.25) is 0 Å². The number of carbonyl (C=O) groups is 1. The maximum atomic E-state index is 14.4. The molecule has 0 radical (unpaired) electrons. The predicted molar refractivity (Wildman–Crippen MR) is 117 cm³/mol. The molecule has 1 fully saturated rings. The zero-order valence-corrected chi connectivity index (χ0v) is 19.1. The Kier molecular flexibility index (Phi) is 9.30. The van der Waals surface area contributed by atoms with Gasteiger partial charge in [-0.15, -0.1) is 0 Å². The van der Waals surface area contributed by atoms with Crippen molar-refractivity contribution in [3.8, 4) is 11.5 Å². The molecular weight excluding hydrogens is 455 g/mol. The number of unbranched alkanes of at least 4 members (excludes halogenated alkanes) is 3. The molecule has 0 aromatic heterocycles. The third-order valence-electron chi connectivity index (χ3n) is 6.31. The summed E-state index contributed by atoms with van der Waals surface area (Å²) in [5.41, 5.74) is -1.04. The van der Waals surface area contributed by atoms with E-state index in [4.69, 9.17) is 4.74 Å². The van der Waals surface area contributed by atoms with Gasteiger partial charge in [0.25, 0.3) is 0 Å². The SMILES string of the molecule is CCCCCCC1CCC(COc2cc(F)c(C(=O)Oc3cc(F)c(F)c(F)c3)c(F)c2)CC1. The Morgan fingerprint density at radius 2 is 1.35 bits per heavy atom. The molecule has 1 saturated carbocycles. The molecule has 0 bridgehead atoms. The van der Waals surface area contributed by atoms with E-state index in [0.29, 0.717) is 24.7 Å². The minimum absolute atomic E-state index is 0.0629. The van der Waals surface area contributed by atoms with Crippen LogP contribution in [0.15, 0.2) is 24.3 Å². The van der Waals surface area contributed by atoms with Crippen LogP contribution in [0.2, 0.25) is 0 Å². The van der Waals surface area contributed by atoms with Gasteiger partial charge in [0, 0.05) is 24.3 Å². The van der Waals surface area contributed by atoms with E-state index in [9.17, 15) is 26.7 Å². The Morgan fingerprint density at radius 1 is 0.794 bits per heavy atom. The standard InChI is InChI=1S/C26H29F5O3/c1-2-3-4-5-6-16-7-9-17(10-8-16)15-33-18-11-20(27)24(21(28)12-18)26(32)34-19-13-22(29)25(31)23(30)14-19/h11-14,16-17H,2-10,15H2,1H3. The van der Waals surface area contributed by atoms with Crippen molar-refractivity contribution in [2.24, 2.45) is 11.8 Å². The molecule has 0 spiro atoms. The lowest BCUT2D eigenvalue weighted by Crippen LogP contribution is -2.20. The highest BCUT2D eigenvalue weighted by Gasteiger charge is 2.24. The fourth-order valence-corrected chi connectivity index (χ4v) is 4.34. The molecule has 0 saturated heterocycles. The number of esters is 1. The Labute approximate surface area is 196 Å². The first kappa shape index (κ1) is 26.0. The van der Waals surface area contributed by atoms with E-state index in [2.05, 4.69) is 11.7 Å². The number of carbonyl (C=O) groups excluding carboxylic acids is 1. The van der Waals surface area contributed by atoms with E-state index in [-0.39, 0.29) is 5.75 Å². The highest BCUT2D eigenvalue weighted by atomic mass is 19.2. The molecule has 8 heteroatoms. The normalized spacial score (nSPS) is 18.1. The quantitative estimate of drug-likeness (QED) is 0.114. The molecule has 34 heavy (non-hydrogen) atoms. The van der Waals surface area contributed by atoms with E-state index in [1.807, 2.05) is 0 Å². The summed E-state index contributed by atoms with van der Waals surface area (Å²) in [5.74, 6) is -8.69. The summed E-state index contributed by atoms with van der Waals surface area (Å²) in [5, 5.41) is 0. The monoisotopic (exact) mass is 484 g/mol. The summed E-state index contributed by atoms with van der Waals surface area (Å²) in [4.78, 5) is 12.1. The van der Waals surface area contributed by atoms with Gasteiger partial charge in [0.2, 0.25) is 0 Å². The van der Waals surface area contributed by atoms with Crippen LogP contribution in [0.3, 0.4) is 0 Å². The van der Waals surface area contributed by atoms with Crippen LogP contribution in [-0.4, -0.2) is 12.6 Å². The third kappa shape index (κ3) is 6.93. The lowest BCUT2D eigenvalue weighted by atomic mass is 9.80. The molecule has 1 aliphatic carbocycles. The summed E-state index contributed by atoms with van der Waals surface area (Å²) in [7, 11) is 0. The molecule has 2 aromatic rings. The molecule has 0 amide bonds. The van der Waals surface area contributed by atoms with Crippen molar-refractivity contribution < 1.29 is 36.2 Å². The van der Waals surface area contributed by atoms with Gasteiger partial charge >= 0.3 is 5.97 Å². The first-order chi connectivity index (χ1) is 16.3. The van der Waals surface area contributed by atoms with Crippen LogP contribution in [0.1, 0.15) is 75.1 Å². The van der Waals surface area contributed by atoms with Gasteiger partial charge in [-0.2, -0.15) is 0 Å². The molecule has 0 atom stereocenters. The first-order valence-electron chi connectivity index (χ1n) is 11.8. The lowest BCUT2D eigenvalue weighted by Gasteiger charge is -2.28. The molecule has 186 valence electrons. The van der Waals surface area contributed by atoms with Crippen molar-refractivity contribution >= 4 is 5.97 Å². The summed E-state index contributed by atoms with van der Waals surface area (Å²) in [6.07, 6.45) is 10.5. The molecule has 1 aliphatic rings. The van der Waals surface area contributed by atoms with Crippen LogP contribution in [-0.2, 0) is 0 Å². The average Bonchev–Trinajstić information content (AvgIpc) is 2.79. The molecular formula is C26H29F5O3. The smallest absolute Gasteiger partial charge is 0.349 e.